The van der Waals surface area contributed by atoms with E-state index in [1.807, 2.05) is 12.1 Å². The molecule has 1 heterocycles. The summed E-state index contributed by atoms with van der Waals surface area (Å²) in [6.07, 6.45) is 1.14. The number of hydrogen-bond donors (Lipinski definition) is 1. The Morgan fingerprint density at radius 3 is 2.32 bits per heavy atom. The first kappa shape index (κ1) is 21.9. The highest BCUT2D eigenvalue weighted by Crippen LogP contribution is 2.28. The molecule has 0 amide bonds. The van der Waals surface area contributed by atoms with Gasteiger partial charge in [0, 0.05) is 23.8 Å². The minimum Gasteiger partial charge on any atom is -0.367 e. The van der Waals surface area contributed by atoms with Gasteiger partial charge in [-0.2, -0.15) is 0 Å². The lowest BCUT2D eigenvalue weighted by Gasteiger charge is -2.30. The molecule has 1 N–H and O–H groups in total. The average molecular weight is 433 g/mol. The zero-order valence-corrected chi connectivity index (χ0v) is 19.4. The van der Waals surface area contributed by atoms with Gasteiger partial charge in [0.25, 0.3) is 0 Å². The second-order valence-electron chi connectivity index (χ2n) is 9.12. The highest BCUT2D eigenvalue weighted by Gasteiger charge is 2.29. The van der Waals surface area contributed by atoms with Gasteiger partial charge >= 0.3 is 0 Å². The summed E-state index contributed by atoms with van der Waals surface area (Å²) in [7, 11) is 0. The van der Waals surface area contributed by atoms with Gasteiger partial charge < -0.3 is 10.2 Å². The minimum absolute atomic E-state index is 0.573. The molecule has 0 aliphatic carbocycles. The van der Waals surface area contributed by atoms with Crippen molar-refractivity contribution in [3.05, 3.63) is 101 Å². The standard InChI is InChI=1S/C28H33ClN2/c1-21(2)24-10-6-9-23(15-24)16-25-17-30-18-26(25)20-31(19-22-7-4-3-5-8-22)28-13-11-27(29)12-14-28/h3-15,21,25-26,30H,16-20H2,1-2H3/t25?,26-/m1/s1. The Labute approximate surface area is 192 Å². The Morgan fingerprint density at radius 1 is 0.871 bits per heavy atom. The lowest BCUT2D eigenvalue weighted by atomic mass is 9.88. The van der Waals surface area contributed by atoms with Crippen LogP contribution in [0.1, 0.15) is 36.5 Å². The van der Waals surface area contributed by atoms with Crippen molar-refractivity contribution in [2.45, 2.75) is 32.7 Å². The normalized spacial score (nSPS) is 18.5. The van der Waals surface area contributed by atoms with Crippen LogP contribution in [0.25, 0.3) is 0 Å². The molecule has 3 aromatic rings. The monoisotopic (exact) mass is 432 g/mol. The maximum absolute atomic E-state index is 6.17. The molecule has 2 atom stereocenters. The molecule has 1 aliphatic rings. The van der Waals surface area contributed by atoms with Gasteiger partial charge in [0.1, 0.15) is 0 Å². The second-order valence-corrected chi connectivity index (χ2v) is 9.56. The number of nitrogens with zero attached hydrogens (tertiary/aromatic N) is 1. The fourth-order valence-corrected chi connectivity index (χ4v) is 4.75. The molecule has 3 aromatic carbocycles. The largest absolute Gasteiger partial charge is 0.367 e. The fourth-order valence-electron chi connectivity index (χ4n) is 4.62. The topological polar surface area (TPSA) is 15.3 Å². The van der Waals surface area contributed by atoms with Gasteiger partial charge in [-0.25, -0.2) is 0 Å². The van der Waals surface area contributed by atoms with Crippen molar-refractivity contribution >= 4 is 17.3 Å². The lowest BCUT2D eigenvalue weighted by molar-refractivity contribution is 0.413. The number of nitrogens with one attached hydrogen (secondary N) is 1. The third-order valence-electron chi connectivity index (χ3n) is 6.46. The van der Waals surface area contributed by atoms with Crippen LogP contribution in [0.2, 0.25) is 5.02 Å². The van der Waals surface area contributed by atoms with E-state index in [-0.39, 0.29) is 0 Å². The number of hydrogen-bond acceptors (Lipinski definition) is 2. The van der Waals surface area contributed by atoms with E-state index in [0.29, 0.717) is 17.8 Å². The molecule has 1 unspecified atom stereocenters. The van der Waals surface area contributed by atoms with E-state index in [1.165, 1.54) is 22.4 Å². The summed E-state index contributed by atoms with van der Waals surface area (Å²) in [4.78, 5) is 2.51. The van der Waals surface area contributed by atoms with Gasteiger partial charge in [0.2, 0.25) is 0 Å². The predicted molar refractivity (Wildman–Crippen MR) is 133 cm³/mol. The smallest absolute Gasteiger partial charge is 0.0429 e. The van der Waals surface area contributed by atoms with Crippen LogP contribution in [0.4, 0.5) is 5.69 Å². The molecule has 162 valence electrons. The van der Waals surface area contributed by atoms with Crippen LogP contribution in [0.15, 0.2) is 78.9 Å². The molecule has 3 heteroatoms. The highest BCUT2D eigenvalue weighted by molar-refractivity contribution is 6.30. The molecule has 0 aromatic heterocycles. The lowest BCUT2D eigenvalue weighted by Crippen LogP contribution is -2.33. The molecule has 0 bridgehead atoms. The average Bonchev–Trinajstić information content (AvgIpc) is 3.21. The SMILES string of the molecule is CC(C)c1cccc(CC2CNC[C@@H]2CN(Cc2ccccc2)c2ccc(Cl)cc2)c1. The third kappa shape index (κ3) is 5.90. The molecule has 0 saturated carbocycles. The Bertz CT molecular complexity index is 952. The van der Waals surface area contributed by atoms with Gasteiger partial charge in [-0.3, -0.25) is 0 Å². The van der Waals surface area contributed by atoms with E-state index in [9.17, 15) is 0 Å². The van der Waals surface area contributed by atoms with Crippen molar-refractivity contribution < 1.29 is 0 Å². The number of rotatable bonds is 8. The predicted octanol–water partition coefficient (Wildman–Crippen LogP) is 6.55. The second kappa shape index (κ2) is 10.3. The van der Waals surface area contributed by atoms with Crippen molar-refractivity contribution in [1.29, 1.82) is 0 Å². The molecule has 4 rings (SSSR count). The first-order valence-corrected chi connectivity index (χ1v) is 11.8. The van der Waals surface area contributed by atoms with Crippen molar-refractivity contribution in [1.82, 2.24) is 5.32 Å². The van der Waals surface area contributed by atoms with E-state index >= 15 is 0 Å². The summed E-state index contributed by atoms with van der Waals surface area (Å²) >= 11 is 6.17. The number of benzene rings is 3. The van der Waals surface area contributed by atoms with Gasteiger partial charge in [0.15, 0.2) is 0 Å². The molecular weight excluding hydrogens is 400 g/mol. The Kier molecular flexibility index (Phi) is 7.32. The molecule has 2 nitrogen and oxygen atoms in total. The molecule has 1 aliphatic heterocycles. The summed E-state index contributed by atoms with van der Waals surface area (Å²) in [5.74, 6) is 1.83. The van der Waals surface area contributed by atoms with Crippen LogP contribution >= 0.6 is 11.6 Å². The highest BCUT2D eigenvalue weighted by atomic mass is 35.5. The van der Waals surface area contributed by atoms with Crippen LogP contribution in [-0.4, -0.2) is 19.6 Å². The molecule has 0 radical (unpaired) electrons. The van der Waals surface area contributed by atoms with Gasteiger partial charge in [-0.1, -0.05) is 80.0 Å². The van der Waals surface area contributed by atoms with Crippen LogP contribution < -0.4 is 10.2 Å². The summed E-state index contributed by atoms with van der Waals surface area (Å²) in [6, 6.07) is 28.2. The Hall–Kier alpha value is -2.29. The van der Waals surface area contributed by atoms with E-state index in [4.69, 9.17) is 11.6 Å². The Morgan fingerprint density at radius 2 is 1.58 bits per heavy atom. The van der Waals surface area contributed by atoms with Crippen LogP contribution in [0, 0.1) is 11.8 Å². The Balaban J connectivity index is 1.51. The van der Waals surface area contributed by atoms with Crippen LogP contribution in [-0.2, 0) is 13.0 Å². The van der Waals surface area contributed by atoms with Gasteiger partial charge in [-0.05, 0) is 78.2 Å². The third-order valence-corrected chi connectivity index (χ3v) is 6.71. The maximum Gasteiger partial charge on any atom is 0.0429 e. The number of anilines is 1. The minimum atomic E-state index is 0.573. The van der Waals surface area contributed by atoms with Crippen molar-refractivity contribution in [2.24, 2.45) is 11.8 Å². The molecule has 1 fully saturated rings. The maximum atomic E-state index is 6.17. The summed E-state index contributed by atoms with van der Waals surface area (Å²) in [6.45, 7) is 8.66. The molecule has 0 spiro atoms. The van der Waals surface area contributed by atoms with Crippen molar-refractivity contribution in [2.75, 3.05) is 24.5 Å². The zero-order valence-electron chi connectivity index (χ0n) is 18.6. The van der Waals surface area contributed by atoms with E-state index in [0.717, 1.165) is 37.6 Å². The first-order chi connectivity index (χ1) is 15.1. The molecular formula is C28H33ClN2. The van der Waals surface area contributed by atoms with Crippen molar-refractivity contribution in [3.63, 3.8) is 0 Å². The van der Waals surface area contributed by atoms with E-state index < -0.39 is 0 Å². The fraction of sp³-hybridized carbons (Fsp3) is 0.357. The molecule has 31 heavy (non-hydrogen) atoms. The van der Waals surface area contributed by atoms with Crippen molar-refractivity contribution in [3.8, 4) is 0 Å². The summed E-state index contributed by atoms with van der Waals surface area (Å²) in [5.41, 5.74) is 5.48. The summed E-state index contributed by atoms with van der Waals surface area (Å²) in [5, 5.41) is 4.45. The van der Waals surface area contributed by atoms with E-state index in [2.05, 4.69) is 90.8 Å². The first-order valence-electron chi connectivity index (χ1n) is 11.4. The van der Waals surface area contributed by atoms with Gasteiger partial charge in [0.05, 0.1) is 0 Å². The molecule has 1 saturated heterocycles. The summed E-state index contributed by atoms with van der Waals surface area (Å²) < 4.78 is 0. The van der Waals surface area contributed by atoms with E-state index in [1.54, 1.807) is 0 Å². The number of halogens is 1. The quantitative estimate of drug-likeness (QED) is 0.434. The van der Waals surface area contributed by atoms with Crippen LogP contribution in [0.3, 0.4) is 0 Å². The van der Waals surface area contributed by atoms with Gasteiger partial charge in [-0.15, -0.1) is 0 Å². The zero-order chi connectivity index (χ0) is 21.6. The van der Waals surface area contributed by atoms with Crippen LogP contribution in [0.5, 0.6) is 0 Å².